The van der Waals surface area contributed by atoms with Crippen LogP contribution < -0.4 is 10.3 Å². The minimum Gasteiger partial charge on any atom is -0.444 e. The van der Waals surface area contributed by atoms with Gasteiger partial charge in [0.1, 0.15) is 11.8 Å². The summed E-state index contributed by atoms with van der Waals surface area (Å²) in [5.41, 5.74) is -0.608. The fraction of sp³-hybridized carbons (Fsp3) is 0.727. The number of nitrogens with one attached hydrogen (secondary N) is 2. The van der Waals surface area contributed by atoms with Gasteiger partial charge in [0, 0.05) is 0 Å². The molecule has 0 saturated carbocycles. The molecule has 0 aliphatic rings. The molecule has 0 aliphatic carbocycles. The van der Waals surface area contributed by atoms with Crippen LogP contribution in [0.4, 0.5) is 18.0 Å². The number of carbonyl (C=O) groups is 2. The van der Waals surface area contributed by atoms with Gasteiger partial charge in [-0.3, -0.25) is 4.79 Å². The highest BCUT2D eigenvalue weighted by atomic mass is 19.4. The molecule has 110 valence electrons. The van der Waals surface area contributed by atoms with Crippen molar-refractivity contribution in [2.75, 3.05) is 13.1 Å². The van der Waals surface area contributed by atoms with Gasteiger partial charge in [-0.2, -0.15) is 13.2 Å². The van der Waals surface area contributed by atoms with E-state index in [0.717, 1.165) is 6.21 Å². The number of Topliss-reactive ketones (excluding diaryl/α,β-unsaturated/α-hetero) is 1. The summed E-state index contributed by atoms with van der Waals surface area (Å²) in [6, 6.07) is 0. The van der Waals surface area contributed by atoms with Gasteiger partial charge in [0.15, 0.2) is 6.54 Å². The lowest BCUT2D eigenvalue weighted by atomic mass is 10.2. The van der Waals surface area contributed by atoms with E-state index in [2.05, 4.69) is 10.3 Å². The summed E-state index contributed by atoms with van der Waals surface area (Å²) in [7, 11) is 0. The molecule has 0 saturated heterocycles. The van der Waals surface area contributed by atoms with Crippen LogP contribution in [0.15, 0.2) is 0 Å². The Morgan fingerprint density at radius 3 is 2.32 bits per heavy atom. The van der Waals surface area contributed by atoms with Gasteiger partial charge < -0.3 is 10.1 Å². The highest BCUT2D eigenvalue weighted by molar-refractivity contribution is 5.93. The summed E-state index contributed by atoms with van der Waals surface area (Å²) in [4.78, 5) is 24.1. The van der Waals surface area contributed by atoms with Crippen molar-refractivity contribution < 1.29 is 32.5 Å². The van der Waals surface area contributed by atoms with Crippen LogP contribution in [0.25, 0.3) is 0 Å². The topological polar surface area (TPSA) is 69.4 Å². The molecular formula is C11H18F3N2O3+. The SMILES string of the molecule is CC(C)(C)OC(=O)NCC[NH+]=CCC(=O)C(F)(F)F. The first-order chi connectivity index (χ1) is 8.52. The van der Waals surface area contributed by atoms with E-state index >= 15 is 0 Å². The first-order valence-corrected chi connectivity index (χ1v) is 5.64. The molecular weight excluding hydrogens is 265 g/mol. The van der Waals surface area contributed by atoms with Gasteiger partial charge in [0.2, 0.25) is 5.78 Å². The zero-order valence-electron chi connectivity index (χ0n) is 11.1. The zero-order valence-corrected chi connectivity index (χ0v) is 11.1. The number of ketones is 1. The number of hydrogen-bond acceptors (Lipinski definition) is 3. The molecule has 19 heavy (non-hydrogen) atoms. The Morgan fingerprint density at radius 1 is 1.26 bits per heavy atom. The van der Waals surface area contributed by atoms with E-state index in [9.17, 15) is 22.8 Å². The second-order valence-electron chi connectivity index (χ2n) is 4.71. The molecule has 0 aromatic rings. The van der Waals surface area contributed by atoms with Crippen LogP contribution in [0, 0.1) is 0 Å². The van der Waals surface area contributed by atoms with Crippen molar-refractivity contribution in [3.05, 3.63) is 0 Å². The zero-order chi connectivity index (χ0) is 15.1. The van der Waals surface area contributed by atoms with Gasteiger partial charge in [0.05, 0.1) is 13.0 Å². The first-order valence-electron chi connectivity index (χ1n) is 5.64. The predicted molar refractivity (Wildman–Crippen MR) is 61.8 cm³/mol. The van der Waals surface area contributed by atoms with E-state index in [1.165, 1.54) is 0 Å². The second-order valence-corrected chi connectivity index (χ2v) is 4.71. The molecule has 0 rings (SSSR count). The third-order valence-corrected chi connectivity index (χ3v) is 1.69. The average molecular weight is 283 g/mol. The molecule has 0 spiro atoms. The molecule has 0 aromatic carbocycles. The van der Waals surface area contributed by atoms with Crippen molar-refractivity contribution >= 4 is 18.1 Å². The van der Waals surface area contributed by atoms with Gasteiger partial charge in [-0.1, -0.05) is 0 Å². The predicted octanol–water partition coefficient (Wildman–Crippen LogP) is 0.184. The highest BCUT2D eigenvalue weighted by Crippen LogP contribution is 2.16. The van der Waals surface area contributed by atoms with Crippen LogP contribution in [0.2, 0.25) is 0 Å². The van der Waals surface area contributed by atoms with Gasteiger partial charge >= 0.3 is 12.3 Å². The van der Waals surface area contributed by atoms with Crippen LogP contribution >= 0.6 is 0 Å². The van der Waals surface area contributed by atoms with Crippen molar-refractivity contribution in [1.29, 1.82) is 0 Å². The minimum atomic E-state index is -4.81. The summed E-state index contributed by atoms with van der Waals surface area (Å²) < 4.78 is 40.4. The Hall–Kier alpha value is -1.60. The molecule has 0 unspecified atom stereocenters. The Bertz CT molecular complexity index is 346. The lowest BCUT2D eigenvalue weighted by Gasteiger charge is -2.19. The molecule has 0 bridgehead atoms. The van der Waals surface area contributed by atoms with Gasteiger partial charge in [-0.15, -0.1) is 0 Å². The fourth-order valence-corrected chi connectivity index (χ4v) is 0.934. The van der Waals surface area contributed by atoms with Crippen molar-refractivity contribution in [3.63, 3.8) is 0 Å². The fourth-order valence-electron chi connectivity index (χ4n) is 0.934. The van der Waals surface area contributed by atoms with E-state index < -0.39 is 30.1 Å². The van der Waals surface area contributed by atoms with E-state index in [-0.39, 0.29) is 13.1 Å². The second kappa shape index (κ2) is 7.10. The Morgan fingerprint density at radius 2 is 1.84 bits per heavy atom. The van der Waals surface area contributed by atoms with E-state index in [0.29, 0.717) is 0 Å². The maximum atomic E-state index is 11.8. The largest absolute Gasteiger partial charge is 0.450 e. The first kappa shape index (κ1) is 17.4. The summed E-state index contributed by atoms with van der Waals surface area (Å²) >= 11 is 0. The summed E-state index contributed by atoms with van der Waals surface area (Å²) in [5, 5.41) is 2.41. The van der Waals surface area contributed by atoms with Crippen molar-refractivity contribution in [3.8, 4) is 0 Å². The number of hydrogen-bond donors (Lipinski definition) is 2. The van der Waals surface area contributed by atoms with Gasteiger partial charge in [-0.25, -0.2) is 9.79 Å². The Kier molecular flexibility index (Phi) is 6.51. The molecule has 1 amide bonds. The van der Waals surface area contributed by atoms with Crippen LogP contribution in [-0.4, -0.2) is 43.0 Å². The lowest BCUT2D eigenvalue weighted by molar-refractivity contribution is -0.450. The standard InChI is InChI=1S/C11H17F3N2O3/c1-10(2,3)19-9(18)16-7-6-15-5-4-8(17)11(12,13)14/h5H,4,6-7H2,1-3H3,(H,16,18)/p+1. The average Bonchev–Trinajstić information content (AvgIpc) is 2.18. The number of alkyl halides is 3. The van der Waals surface area contributed by atoms with Gasteiger partial charge in [-0.05, 0) is 20.8 Å². The van der Waals surface area contributed by atoms with Crippen molar-refractivity contribution in [2.24, 2.45) is 0 Å². The number of amides is 1. The molecule has 0 radical (unpaired) electrons. The highest BCUT2D eigenvalue weighted by Gasteiger charge is 2.37. The molecule has 0 heterocycles. The van der Waals surface area contributed by atoms with Crippen molar-refractivity contribution in [2.45, 2.75) is 39.0 Å². The van der Waals surface area contributed by atoms with E-state index in [1.807, 2.05) is 0 Å². The van der Waals surface area contributed by atoms with E-state index in [4.69, 9.17) is 4.74 Å². The number of carbonyl (C=O) groups excluding carboxylic acids is 2. The van der Waals surface area contributed by atoms with Crippen molar-refractivity contribution in [1.82, 2.24) is 5.32 Å². The lowest BCUT2D eigenvalue weighted by Crippen LogP contribution is -2.71. The maximum Gasteiger partial charge on any atom is 0.450 e. The minimum absolute atomic E-state index is 0.172. The monoisotopic (exact) mass is 283 g/mol. The Labute approximate surface area is 109 Å². The molecule has 0 atom stereocenters. The Balaban J connectivity index is 3.76. The van der Waals surface area contributed by atoms with Crippen LogP contribution in [0.3, 0.4) is 0 Å². The van der Waals surface area contributed by atoms with Gasteiger partial charge in [0.25, 0.3) is 0 Å². The molecule has 0 aliphatic heterocycles. The number of alkyl carbamates (subject to hydrolysis) is 1. The molecule has 0 fully saturated rings. The van der Waals surface area contributed by atoms with Crippen LogP contribution in [0.1, 0.15) is 27.2 Å². The van der Waals surface area contributed by atoms with Crippen LogP contribution in [0.5, 0.6) is 0 Å². The summed E-state index contributed by atoms with van der Waals surface area (Å²) in [6.45, 7) is 5.50. The maximum absolute atomic E-state index is 11.8. The molecule has 5 nitrogen and oxygen atoms in total. The number of rotatable bonds is 5. The van der Waals surface area contributed by atoms with E-state index in [1.54, 1.807) is 20.8 Å². The third-order valence-electron chi connectivity index (χ3n) is 1.69. The summed E-state index contributed by atoms with van der Waals surface area (Å²) in [5.74, 6) is -1.82. The number of halogens is 3. The quantitative estimate of drug-likeness (QED) is 0.559. The smallest absolute Gasteiger partial charge is 0.444 e. The summed E-state index contributed by atoms with van der Waals surface area (Å²) in [6.07, 6.45) is -5.16. The van der Waals surface area contributed by atoms with Crippen LogP contribution in [-0.2, 0) is 9.53 Å². The molecule has 8 heteroatoms. The molecule has 0 aromatic heterocycles. The normalized spacial score (nSPS) is 12.5. The number of ether oxygens (including phenoxy) is 1. The third kappa shape index (κ3) is 10.0. The molecule has 2 N–H and O–H groups in total.